The molecule has 0 spiro atoms. The average Bonchev–Trinajstić information content (AvgIpc) is 2.44. The molecule has 2 heterocycles. The molecule has 0 aliphatic carbocycles. The van der Waals surface area contributed by atoms with Crippen LogP contribution in [-0.4, -0.2) is 37.6 Å². The van der Waals surface area contributed by atoms with E-state index < -0.39 is 0 Å². The highest BCUT2D eigenvalue weighted by atomic mass is 15.1. The van der Waals surface area contributed by atoms with Gasteiger partial charge in [0.05, 0.1) is 0 Å². The van der Waals surface area contributed by atoms with Crippen molar-refractivity contribution < 1.29 is 0 Å². The van der Waals surface area contributed by atoms with Gasteiger partial charge in [0.15, 0.2) is 0 Å². The molecule has 2 saturated heterocycles. The van der Waals surface area contributed by atoms with Gasteiger partial charge in [0.25, 0.3) is 0 Å². The van der Waals surface area contributed by atoms with E-state index in [0.717, 1.165) is 11.8 Å². The summed E-state index contributed by atoms with van der Waals surface area (Å²) in [6, 6.07) is 0. The quantitative estimate of drug-likeness (QED) is 0.723. The Kier molecular flexibility index (Phi) is 3.82. The van der Waals surface area contributed by atoms with E-state index in [2.05, 4.69) is 17.1 Å². The molecule has 2 fully saturated rings. The summed E-state index contributed by atoms with van der Waals surface area (Å²) in [5.74, 6) is 1.80. The van der Waals surface area contributed by atoms with Gasteiger partial charge in [-0.2, -0.15) is 0 Å². The smallest absolute Gasteiger partial charge is 0.00248 e. The van der Waals surface area contributed by atoms with Crippen LogP contribution < -0.4 is 5.32 Å². The van der Waals surface area contributed by atoms with Crippen LogP contribution in [0.4, 0.5) is 0 Å². The van der Waals surface area contributed by atoms with Gasteiger partial charge in [0.1, 0.15) is 0 Å². The average molecular weight is 196 g/mol. The molecule has 2 atom stereocenters. The molecule has 0 aromatic carbocycles. The predicted octanol–water partition coefficient (Wildman–Crippen LogP) is 1.72. The molecular weight excluding hydrogens is 172 g/mol. The van der Waals surface area contributed by atoms with Crippen molar-refractivity contribution in [1.29, 1.82) is 0 Å². The molecule has 2 nitrogen and oxygen atoms in total. The topological polar surface area (TPSA) is 15.3 Å². The van der Waals surface area contributed by atoms with Crippen LogP contribution >= 0.6 is 0 Å². The molecule has 0 unspecified atom stereocenters. The minimum absolute atomic E-state index is 0.887. The molecule has 0 radical (unpaired) electrons. The summed E-state index contributed by atoms with van der Waals surface area (Å²) in [4.78, 5) is 2.70. The summed E-state index contributed by atoms with van der Waals surface area (Å²) in [6.07, 6.45) is 5.76. The first-order valence-electron chi connectivity index (χ1n) is 6.29. The first kappa shape index (κ1) is 10.4. The minimum atomic E-state index is 0.887. The predicted molar refractivity (Wildman–Crippen MR) is 60.4 cm³/mol. The Morgan fingerprint density at radius 3 is 2.36 bits per heavy atom. The monoisotopic (exact) mass is 196 g/mol. The van der Waals surface area contributed by atoms with E-state index in [4.69, 9.17) is 0 Å². The number of nitrogens with zero attached hydrogens (tertiary/aromatic N) is 1. The summed E-state index contributed by atoms with van der Waals surface area (Å²) in [5, 5.41) is 3.50. The van der Waals surface area contributed by atoms with Gasteiger partial charge in [-0.1, -0.05) is 19.8 Å². The molecular formula is C12H24N2. The zero-order valence-corrected chi connectivity index (χ0v) is 9.47. The molecule has 2 rings (SSSR count). The lowest BCUT2D eigenvalue weighted by Gasteiger charge is -2.25. The van der Waals surface area contributed by atoms with E-state index in [9.17, 15) is 0 Å². The normalized spacial score (nSPS) is 35.8. The standard InChI is InChI=1S/C12H24N2/c1-11-8-13-9-12(11)10-14-6-4-2-3-5-7-14/h11-13H,2-10H2,1H3/t11-,12+/m1/s1. The zero-order chi connectivity index (χ0) is 9.80. The van der Waals surface area contributed by atoms with Gasteiger partial charge in [-0.15, -0.1) is 0 Å². The van der Waals surface area contributed by atoms with Crippen molar-refractivity contribution in [2.45, 2.75) is 32.6 Å². The Balaban J connectivity index is 1.77. The molecule has 0 saturated carbocycles. The zero-order valence-electron chi connectivity index (χ0n) is 9.47. The molecule has 0 aromatic rings. The number of rotatable bonds is 2. The van der Waals surface area contributed by atoms with E-state index >= 15 is 0 Å². The minimum Gasteiger partial charge on any atom is -0.316 e. The van der Waals surface area contributed by atoms with Crippen molar-refractivity contribution >= 4 is 0 Å². The van der Waals surface area contributed by atoms with Gasteiger partial charge in [0, 0.05) is 6.54 Å². The number of likely N-dealkylation sites (tertiary alicyclic amines) is 1. The second-order valence-corrected chi connectivity index (χ2v) is 5.11. The van der Waals surface area contributed by atoms with Crippen LogP contribution in [0.3, 0.4) is 0 Å². The van der Waals surface area contributed by atoms with Crippen LogP contribution in [0.15, 0.2) is 0 Å². The molecule has 2 aliphatic rings. The highest BCUT2D eigenvalue weighted by Gasteiger charge is 2.25. The highest BCUT2D eigenvalue weighted by molar-refractivity contribution is 4.81. The highest BCUT2D eigenvalue weighted by Crippen LogP contribution is 2.19. The fraction of sp³-hybridized carbons (Fsp3) is 1.00. The Morgan fingerprint density at radius 1 is 1.07 bits per heavy atom. The van der Waals surface area contributed by atoms with Crippen LogP contribution in [0.1, 0.15) is 32.6 Å². The van der Waals surface area contributed by atoms with Gasteiger partial charge >= 0.3 is 0 Å². The number of hydrogen-bond acceptors (Lipinski definition) is 2. The maximum Gasteiger partial charge on any atom is 0.00248 e. The second kappa shape index (κ2) is 5.13. The van der Waals surface area contributed by atoms with Crippen molar-refractivity contribution in [2.24, 2.45) is 11.8 Å². The van der Waals surface area contributed by atoms with Crippen molar-refractivity contribution in [3.05, 3.63) is 0 Å². The Labute approximate surface area is 88.1 Å². The van der Waals surface area contributed by atoms with Crippen LogP contribution in [0.5, 0.6) is 0 Å². The van der Waals surface area contributed by atoms with E-state index in [1.807, 2.05) is 0 Å². The van der Waals surface area contributed by atoms with E-state index in [-0.39, 0.29) is 0 Å². The van der Waals surface area contributed by atoms with Crippen molar-refractivity contribution in [2.75, 3.05) is 32.7 Å². The fourth-order valence-corrected chi connectivity index (χ4v) is 2.76. The van der Waals surface area contributed by atoms with Gasteiger partial charge in [-0.05, 0) is 50.9 Å². The molecule has 0 aromatic heterocycles. The summed E-state index contributed by atoms with van der Waals surface area (Å²) in [7, 11) is 0. The van der Waals surface area contributed by atoms with Gasteiger partial charge in [-0.3, -0.25) is 0 Å². The first-order valence-corrected chi connectivity index (χ1v) is 6.29. The van der Waals surface area contributed by atoms with Crippen LogP contribution in [0.2, 0.25) is 0 Å². The Morgan fingerprint density at radius 2 is 1.79 bits per heavy atom. The fourth-order valence-electron chi connectivity index (χ4n) is 2.76. The van der Waals surface area contributed by atoms with E-state index in [1.54, 1.807) is 0 Å². The second-order valence-electron chi connectivity index (χ2n) is 5.11. The molecule has 14 heavy (non-hydrogen) atoms. The van der Waals surface area contributed by atoms with Crippen molar-refractivity contribution in [3.63, 3.8) is 0 Å². The van der Waals surface area contributed by atoms with Gasteiger partial charge < -0.3 is 10.2 Å². The van der Waals surface area contributed by atoms with Crippen LogP contribution in [0.25, 0.3) is 0 Å². The lowest BCUT2D eigenvalue weighted by Crippen LogP contribution is -2.33. The SMILES string of the molecule is C[C@@H]1CNC[C@H]1CN1CCCCCC1. The third kappa shape index (κ3) is 2.71. The van der Waals surface area contributed by atoms with E-state index in [1.165, 1.54) is 58.4 Å². The summed E-state index contributed by atoms with van der Waals surface area (Å²) < 4.78 is 0. The molecule has 0 amide bonds. The van der Waals surface area contributed by atoms with Gasteiger partial charge in [0.2, 0.25) is 0 Å². The summed E-state index contributed by atoms with van der Waals surface area (Å²) in [6.45, 7) is 8.92. The Hall–Kier alpha value is -0.0800. The van der Waals surface area contributed by atoms with Gasteiger partial charge in [-0.25, -0.2) is 0 Å². The van der Waals surface area contributed by atoms with E-state index in [0.29, 0.717) is 0 Å². The van der Waals surface area contributed by atoms with Crippen LogP contribution in [0, 0.1) is 11.8 Å². The maximum atomic E-state index is 3.50. The lowest BCUT2D eigenvalue weighted by atomic mass is 9.97. The first-order chi connectivity index (χ1) is 6.86. The number of hydrogen-bond donors (Lipinski definition) is 1. The number of nitrogens with one attached hydrogen (secondary N) is 1. The third-order valence-electron chi connectivity index (χ3n) is 3.87. The summed E-state index contributed by atoms with van der Waals surface area (Å²) in [5.41, 5.74) is 0. The summed E-state index contributed by atoms with van der Waals surface area (Å²) >= 11 is 0. The largest absolute Gasteiger partial charge is 0.316 e. The third-order valence-corrected chi connectivity index (χ3v) is 3.87. The van der Waals surface area contributed by atoms with Crippen molar-refractivity contribution in [1.82, 2.24) is 10.2 Å². The van der Waals surface area contributed by atoms with Crippen LogP contribution in [-0.2, 0) is 0 Å². The maximum absolute atomic E-state index is 3.50. The lowest BCUT2D eigenvalue weighted by molar-refractivity contribution is 0.225. The molecule has 82 valence electrons. The molecule has 1 N–H and O–H groups in total. The Bertz CT molecular complexity index is 162. The van der Waals surface area contributed by atoms with Crippen molar-refractivity contribution in [3.8, 4) is 0 Å². The molecule has 0 bridgehead atoms. The molecule has 2 aliphatic heterocycles. The molecule has 2 heteroatoms.